The van der Waals surface area contributed by atoms with Crippen LogP contribution < -0.4 is 10.2 Å². The Morgan fingerprint density at radius 1 is 1.21 bits per heavy atom. The van der Waals surface area contributed by atoms with Crippen molar-refractivity contribution in [1.82, 2.24) is 10.3 Å². The average molecular weight is 462 g/mol. The third-order valence-electron chi connectivity index (χ3n) is 7.69. The maximum atomic E-state index is 13.7. The second kappa shape index (κ2) is 8.40. The van der Waals surface area contributed by atoms with E-state index in [1.807, 2.05) is 24.0 Å². The minimum absolute atomic E-state index is 0.0391. The molecule has 2 N–H and O–H groups in total. The van der Waals surface area contributed by atoms with Crippen LogP contribution in [0.4, 0.5) is 5.69 Å². The van der Waals surface area contributed by atoms with Crippen molar-refractivity contribution in [2.45, 2.75) is 78.7 Å². The van der Waals surface area contributed by atoms with Gasteiger partial charge in [0.2, 0.25) is 5.91 Å². The summed E-state index contributed by atoms with van der Waals surface area (Å²) in [6.07, 6.45) is 6.05. The minimum atomic E-state index is -0.577. The van der Waals surface area contributed by atoms with Gasteiger partial charge in [0.05, 0.1) is 0 Å². The summed E-state index contributed by atoms with van der Waals surface area (Å²) in [6, 6.07) is 5.62. The number of carbonyl (C=O) groups excluding carboxylic acids is 3. The lowest BCUT2D eigenvalue weighted by molar-refractivity contribution is -0.120. The molecule has 1 saturated carbocycles. The number of ketones is 1. The van der Waals surface area contributed by atoms with Crippen LogP contribution in [0.15, 0.2) is 18.2 Å². The first kappa shape index (κ1) is 22.9. The number of benzene rings is 1. The molecule has 2 amide bonds. The van der Waals surface area contributed by atoms with Crippen LogP contribution >= 0.6 is 0 Å². The second-order valence-corrected chi connectivity index (χ2v) is 11.3. The lowest BCUT2D eigenvalue weighted by Crippen LogP contribution is -2.48. The first-order chi connectivity index (χ1) is 16.1. The van der Waals surface area contributed by atoms with Gasteiger partial charge in [0.15, 0.2) is 5.78 Å². The molecule has 34 heavy (non-hydrogen) atoms. The fourth-order valence-corrected chi connectivity index (χ4v) is 5.70. The van der Waals surface area contributed by atoms with Gasteiger partial charge in [-0.1, -0.05) is 44.4 Å². The molecule has 1 aliphatic heterocycles. The molecule has 2 heterocycles. The van der Waals surface area contributed by atoms with Crippen LogP contribution in [0, 0.1) is 25.2 Å². The standard InChI is InChI=1S/C28H35N3O3/c1-16-5-10-22-19(13-16)11-12-31(22)27(34)20(9-8-18-6-7-18)30-26(33)25-17(2)24-21(29-25)14-28(3,4)15-23(24)32/h5,10,13,18,20,29H,6-9,11-12,14-15H2,1-4H3,(H,30,33). The van der Waals surface area contributed by atoms with E-state index < -0.39 is 6.04 Å². The van der Waals surface area contributed by atoms with Gasteiger partial charge in [0.1, 0.15) is 11.7 Å². The Hall–Kier alpha value is -2.89. The van der Waals surface area contributed by atoms with Crippen molar-refractivity contribution in [3.63, 3.8) is 0 Å². The van der Waals surface area contributed by atoms with E-state index in [2.05, 4.69) is 37.1 Å². The molecular formula is C28H35N3O3. The van der Waals surface area contributed by atoms with E-state index in [9.17, 15) is 14.4 Å². The Morgan fingerprint density at radius 3 is 2.71 bits per heavy atom. The predicted octanol–water partition coefficient (Wildman–Crippen LogP) is 4.66. The molecule has 2 aromatic rings. The molecule has 1 aromatic heterocycles. The van der Waals surface area contributed by atoms with E-state index in [4.69, 9.17) is 0 Å². The van der Waals surface area contributed by atoms with Crippen LogP contribution in [-0.4, -0.2) is 35.2 Å². The molecule has 0 radical (unpaired) electrons. The number of anilines is 1. The smallest absolute Gasteiger partial charge is 0.268 e. The lowest BCUT2D eigenvalue weighted by atomic mass is 9.75. The average Bonchev–Trinajstić information content (AvgIpc) is 3.40. The number of hydrogen-bond donors (Lipinski definition) is 2. The molecule has 1 unspecified atom stereocenters. The van der Waals surface area contributed by atoms with Gasteiger partial charge in [0.25, 0.3) is 5.91 Å². The molecule has 2 aliphatic carbocycles. The Labute approximate surface area is 201 Å². The molecule has 0 bridgehead atoms. The lowest BCUT2D eigenvalue weighted by Gasteiger charge is -2.28. The van der Waals surface area contributed by atoms with Gasteiger partial charge < -0.3 is 15.2 Å². The van der Waals surface area contributed by atoms with Crippen molar-refractivity contribution in [2.75, 3.05) is 11.4 Å². The van der Waals surface area contributed by atoms with Crippen LogP contribution in [0.25, 0.3) is 0 Å². The zero-order valence-electron chi connectivity index (χ0n) is 20.7. The van der Waals surface area contributed by atoms with Gasteiger partial charge in [0, 0.05) is 29.9 Å². The molecule has 1 aromatic carbocycles. The molecule has 0 saturated heterocycles. The maximum Gasteiger partial charge on any atom is 0.268 e. The van der Waals surface area contributed by atoms with Gasteiger partial charge in [-0.15, -0.1) is 0 Å². The third kappa shape index (κ3) is 4.30. The van der Waals surface area contributed by atoms with Crippen LogP contribution in [0.2, 0.25) is 0 Å². The van der Waals surface area contributed by atoms with E-state index in [1.165, 1.54) is 24.0 Å². The number of aromatic amines is 1. The maximum absolute atomic E-state index is 13.7. The topological polar surface area (TPSA) is 82.3 Å². The molecule has 0 spiro atoms. The molecule has 3 aliphatic rings. The van der Waals surface area contributed by atoms with Gasteiger partial charge >= 0.3 is 0 Å². The number of rotatable bonds is 6. The first-order valence-corrected chi connectivity index (χ1v) is 12.6. The van der Waals surface area contributed by atoms with Crippen molar-refractivity contribution >= 4 is 23.3 Å². The normalized spacial score (nSPS) is 19.5. The van der Waals surface area contributed by atoms with E-state index in [0.29, 0.717) is 42.1 Å². The van der Waals surface area contributed by atoms with E-state index in [1.54, 1.807) is 0 Å². The molecule has 1 fully saturated rings. The van der Waals surface area contributed by atoms with Crippen molar-refractivity contribution in [3.8, 4) is 0 Å². The zero-order valence-corrected chi connectivity index (χ0v) is 20.7. The van der Waals surface area contributed by atoms with Crippen molar-refractivity contribution in [2.24, 2.45) is 11.3 Å². The molecule has 180 valence electrons. The molecule has 1 atom stereocenters. The Balaban J connectivity index is 1.38. The Bertz CT molecular complexity index is 1170. The third-order valence-corrected chi connectivity index (χ3v) is 7.69. The van der Waals surface area contributed by atoms with Crippen LogP contribution in [0.5, 0.6) is 0 Å². The summed E-state index contributed by atoms with van der Waals surface area (Å²) in [4.78, 5) is 44.9. The number of aryl methyl sites for hydroxylation is 1. The first-order valence-electron chi connectivity index (χ1n) is 12.6. The fourth-order valence-electron chi connectivity index (χ4n) is 5.70. The van der Waals surface area contributed by atoms with Gasteiger partial charge in [-0.3, -0.25) is 14.4 Å². The van der Waals surface area contributed by atoms with Crippen LogP contribution in [0.1, 0.15) is 89.2 Å². The van der Waals surface area contributed by atoms with E-state index in [0.717, 1.165) is 30.6 Å². The summed E-state index contributed by atoms with van der Waals surface area (Å²) in [5, 5.41) is 3.05. The molecule has 6 heteroatoms. The Kier molecular flexibility index (Phi) is 5.65. The Morgan fingerprint density at radius 2 is 1.97 bits per heavy atom. The van der Waals surface area contributed by atoms with Gasteiger partial charge in [-0.25, -0.2) is 0 Å². The van der Waals surface area contributed by atoms with E-state index in [-0.39, 0.29) is 23.0 Å². The van der Waals surface area contributed by atoms with Crippen molar-refractivity contribution < 1.29 is 14.4 Å². The van der Waals surface area contributed by atoms with Crippen LogP contribution in [-0.2, 0) is 17.6 Å². The summed E-state index contributed by atoms with van der Waals surface area (Å²) in [6.45, 7) is 8.69. The van der Waals surface area contributed by atoms with Crippen molar-refractivity contribution in [3.05, 3.63) is 51.8 Å². The number of Topliss-reactive ketones (excluding diaryl/α,β-unsaturated/α-hetero) is 1. The highest BCUT2D eigenvalue weighted by atomic mass is 16.2. The number of nitrogens with one attached hydrogen (secondary N) is 2. The van der Waals surface area contributed by atoms with Gasteiger partial charge in [-0.2, -0.15) is 0 Å². The number of aromatic nitrogens is 1. The number of amides is 2. The summed E-state index contributed by atoms with van der Waals surface area (Å²) in [5.41, 5.74) is 5.83. The molecular weight excluding hydrogens is 426 g/mol. The fraction of sp³-hybridized carbons (Fsp3) is 0.536. The SMILES string of the molecule is Cc1ccc2c(c1)CCN2C(=O)C(CCC1CC1)NC(=O)c1[nH]c2c(c1C)C(=O)CC(C)(C)C2. The highest BCUT2D eigenvalue weighted by Gasteiger charge is 2.37. The number of fused-ring (bicyclic) bond motifs is 2. The summed E-state index contributed by atoms with van der Waals surface area (Å²) < 4.78 is 0. The summed E-state index contributed by atoms with van der Waals surface area (Å²) in [5.74, 6) is 0.419. The summed E-state index contributed by atoms with van der Waals surface area (Å²) >= 11 is 0. The quantitative estimate of drug-likeness (QED) is 0.656. The predicted molar refractivity (Wildman–Crippen MR) is 132 cm³/mol. The zero-order chi connectivity index (χ0) is 24.2. The largest absolute Gasteiger partial charge is 0.354 e. The number of nitrogens with zero attached hydrogens (tertiary/aromatic N) is 1. The monoisotopic (exact) mass is 461 g/mol. The highest BCUT2D eigenvalue weighted by Crippen LogP contribution is 2.37. The minimum Gasteiger partial charge on any atom is -0.354 e. The van der Waals surface area contributed by atoms with E-state index >= 15 is 0 Å². The van der Waals surface area contributed by atoms with Crippen LogP contribution in [0.3, 0.4) is 0 Å². The molecule has 5 rings (SSSR count). The summed E-state index contributed by atoms with van der Waals surface area (Å²) in [7, 11) is 0. The number of hydrogen-bond acceptors (Lipinski definition) is 3. The number of carbonyl (C=O) groups is 3. The second-order valence-electron chi connectivity index (χ2n) is 11.3. The number of H-pyrrole nitrogens is 1. The van der Waals surface area contributed by atoms with Gasteiger partial charge in [-0.05, 0) is 68.1 Å². The highest BCUT2D eigenvalue weighted by molar-refractivity contribution is 6.06. The molecule has 6 nitrogen and oxygen atoms in total. The van der Waals surface area contributed by atoms with Crippen molar-refractivity contribution in [1.29, 1.82) is 0 Å².